The molecule has 0 bridgehead atoms. The number of fused-ring (bicyclic) bond motifs is 15. The van der Waals surface area contributed by atoms with Crippen LogP contribution in [-0.2, 0) is 5.41 Å². The van der Waals surface area contributed by atoms with Gasteiger partial charge in [-0.25, -0.2) is 0 Å². The normalized spacial score (nSPS) is 15.1. The third-order valence-corrected chi connectivity index (χ3v) is 12.2. The Labute approximate surface area is 301 Å². The van der Waals surface area contributed by atoms with Gasteiger partial charge in [-0.2, -0.15) is 0 Å². The molecule has 238 valence electrons. The van der Waals surface area contributed by atoms with E-state index in [1.165, 1.54) is 75.8 Å². The highest BCUT2D eigenvalue weighted by Crippen LogP contribution is 2.63. The number of benzene rings is 8. The second-order valence-corrected chi connectivity index (χ2v) is 14.7. The van der Waals surface area contributed by atoms with E-state index >= 15 is 0 Å². The molecule has 0 N–H and O–H groups in total. The topological polar surface area (TPSA) is 3.24 Å². The Morgan fingerprint density at radius 1 is 0.314 bits per heavy atom. The van der Waals surface area contributed by atoms with Crippen LogP contribution in [0.5, 0.6) is 0 Å². The Balaban J connectivity index is 1.32. The van der Waals surface area contributed by atoms with Crippen molar-refractivity contribution in [3.05, 3.63) is 210 Å². The van der Waals surface area contributed by atoms with Gasteiger partial charge in [-0.1, -0.05) is 133 Å². The molecule has 0 amide bonds. The van der Waals surface area contributed by atoms with Gasteiger partial charge in [-0.3, -0.25) is 0 Å². The zero-order chi connectivity index (χ0) is 33.5. The lowest BCUT2D eigenvalue weighted by Crippen LogP contribution is -2.29. The lowest BCUT2D eigenvalue weighted by Gasteiger charge is -2.36. The van der Waals surface area contributed by atoms with Crippen molar-refractivity contribution in [1.29, 1.82) is 0 Å². The molecule has 1 spiro atoms. The molecule has 0 aliphatic heterocycles. The van der Waals surface area contributed by atoms with E-state index in [2.05, 4.69) is 193 Å². The molecule has 9 aromatic rings. The number of para-hydroxylation sites is 2. The lowest BCUT2D eigenvalue weighted by atomic mass is 9.65. The summed E-state index contributed by atoms with van der Waals surface area (Å²) >= 11 is 1.90. The van der Waals surface area contributed by atoms with E-state index in [1.54, 1.807) is 0 Å². The fraction of sp³-hybridized carbons (Fsp3) is 0.0204. The number of thiophene rings is 1. The molecule has 0 saturated carbocycles. The molecule has 0 radical (unpaired) electrons. The molecule has 1 aromatic heterocycles. The highest BCUT2D eigenvalue weighted by atomic mass is 32.1. The van der Waals surface area contributed by atoms with E-state index in [-0.39, 0.29) is 0 Å². The Kier molecular flexibility index (Phi) is 6.11. The molecule has 51 heavy (non-hydrogen) atoms. The lowest BCUT2D eigenvalue weighted by molar-refractivity contribution is 0.776. The van der Waals surface area contributed by atoms with Crippen molar-refractivity contribution in [2.45, 2.75) is 5.41 Å². The third-order valence-electron chi connectivity index (χ3n) is 11.1. The molecule has 1 nitrogen and oxygen atoms in total. The summed E-state index contributed by atoms with van der Waals surface area (Å²) in [6.45, 7) is 0. The zero-order valence-electron chi connectivity index (χ0n) is 27.8. The molecule has 11 rings (SSSR count). The summed E-state index contributed by atoms with van der Waals surface area (Å²) in [7, 11) is 0. The fourth-order valence-electron chi connectivity index (χ4n) is 9.04. The van der Waals surface area contributed by atoms with E-state index in [0.717, 1.165) is 17.1 Å². The summed E-state index contributed by atoms with van der Waals surface area (Å²) in [6.07, 6.45) is 0. The number of nitrogens with zero attached hydrogens (tertiary/aromatic N) is 1. The third kappa shape index (κ3) is 3.97. The van der Waals surface area contributed by atoms with Crippen LogP contribution in [0.4, 0.5) is 17.1 Å². The Morgan fingerprint density at radius 3 is 1.49 bits per heavy atom. The van der Waals surface area contributed by atoms with Gasteiger partial charge in [0, 0.05) is 37.2 Å². The second-order valence-electron chi connectivity index (χ2n) is 13.6. The predicted octanol–water partition coefficient (Wildman–Crippen LogP) is 13.5. The first kappa shape index (κ1) is 28.6. The molecule has 8 aromatic carbocycles. The molecular weight excluding hydrogens is 635 g/mol. The molecule has 2 aliphatic carbocycles. The van der Waals surface area contributed by atoms with Crippen molar-refractivity contribution in [2.24, 2.45) is 0 Å². The Hall–Kier alpha value is -6.22. The van der Waals surface area contributed by atoms with Crippen LogP contribution >= 0.6 is 11.3 Å². The molecule has 0 fully saturated rings. The van der Waals surface area contributed by atoms with Crippen LogP contribution in [0.15, 0.2) is 188 Å². The van der Waals surface area contributed by atoms with E-state index in [4.69, 9.17) is 0 Å². The van der Waals surface area contributed by atoms with Crippen LogP contribution in [0, 0.1) is 0 Å². The van der Waals surface area contributed by atoms with Crippen molar-refractivity contribution in [3.63, 3.8) is 0 Å². The van der Waals surface area contributed by atoms with Crippen molar-refractivity contribution in [2.75, 3.05) is 4.90 Å². The maximum absolute atomic E-state index is 2.54. The van der Waals surface area contributed by atoms with Gasteiger partial charge in [-0.05, 0) is 110 Å². The van der Waals surface area contributed by atoms with E-state index in [9.17, 15) is 0 Å². The average molecular weight is 666 g/mol. The summed E-state index contributed by atoms with van der Waals surface area (Å²) in [5.41, 5.74) is 15.9. The van der Waals surface area contributed by atoms with Gasteiger partial charge in [-0.15, -0.1) is 11.3 Å². The molecule has 2 aliphatic rings. The molecular formula is C49H31NS. The van der Waals surface area contributed by atoms with Crippen molar-refractivity contribution in [1.82, 2.24) is 0 Å². The predicted molar refractivity (Wildman–Crippen MR) is 216 cm³/mol. The van der Waals surface area contributed by atoms with Crippen LogP contribution in [0.3, 0.4) is 0 Å². The number of anilines is 3. The van der Waals surface area contributed by atoms with Crippen LogP contribution in [0.1, 0.15) is 22.3 Å². The second kappa shape index (κ2) is 10.9. The quantitative estimate of drug-likeness (QED) is 0.182. The molecule has 2 heteroatoms. The monoisotopic (exact) mass is 665 g/mol. The number of rotatable bonds is 3. The van der Waals surface area contributed by atoms with Gasteiger partial charge in [0.15, 0.2) is 0 Å². The van der Waals surface area contributed by atoms with Crippen LogP contribution in [-0.4, -0.2) is 0 Å². The number of hydrogen-bond acceptors (Lipinski definition) is 2. The SMILES string of the molecule is c1ccc(N(c2ccccc2)c2ccc3c(c2)C2(c4ccccc4-c4ccccc4-3)c3ccccc3-c3cc4sc5ccccc5c4cc32)cc1. The van der Waals surface area contributed by atoms with E-state index in [0.29, 0.717) is 0 Å². The molecule has 1 unspecified atom stereocenters. The van der Waals surface area contributed by atoms with Gasteiger partial charge >= 0.3 is 0 Å². The van der Waals surface area contributed by atoms with Crippen LogP contribution in [0.25, 0.3) is 53.6 Å². The highest BCUT2D eigenvalue weighted by Gasteiger charge is 2.50. The van der Waals surface area contributed by atoms with Gasteiger partial charge in [0.25, 0.3) is 0 Å². The summed E-state index contributed by atoms with van der Waals surface area (Å²) in [5.74, 6) is 0. The largest absolute Gasteiger partial charge is 0.310 e. The van der Waals surface area contributed by atoms with Gasteiger partial charge in [0.1, 0.15) is 0 Å². The van der Waals surface area contributed by atoms with Gasteiger partial charge in [0.05, 0.1) is 5.41 Å². The maximum atomic E-state index is 2.54. The highest BCUT2D eigenvalue weighted by molar-refractivity contribution is 7.25. The van der Waals surface area contributed by atoms with Crippen molar-refractivity contribution in [3.8, 4) is 33.4 Å². The first-order chi connectivity index (χ1) is 25.3. The first-order valence-corrected chi connectivity index (χ1v) is 18.4. The minimum Gasteiger partial charge on any atom is -0.310 e. The fourth-order valence-corrected chi connectivity index (χ4v) is 10.2. The van der Waals surface area contributed by atoms with E-state index in [1.807, 2.05) is 11.3 Å². The van der Waals surface area contributed by atoms with Gasteiger partial charge < -0.3 is 4.90 Å². The number of hydrogen-bond donors (Lipinski definition) is 0. The van der Waals surface area contributed by atoms with Crippen molar-refractivity contribution < 1.29 is 0 Å². The van der Waals surface area contributed by atoms with Crippen LogP contribution in [0.2, 0.25) is 0 Å². The molecule has 1 atom stereocenters. The Bertz CT molecular complexity index is 2770. The Morgan fingerprint density at radius 2 is 0.824 bits per heavy atom. The minimum absolute atomic E-state index is 0.566. The van der Waals surface area contributed by atoms with Crippen LogP contribution < -0.4 is 4.90 Å². The standard InChI is InChI=1S/C49H31NS/c1-3-15-32(16-4-1)50(33-17-5-2-6-18-33)34-27-28-39-36-20-8-7-19-35(36)37-21-9-12-24-43(37)49(45(39)29-34)44-25-13-10-22-38(44)41-31-48-42(30-46(41)49)40-23-11-14-26-47(40)51-48/h1-31H. The maximum Gasteiger partial charge on any atom is 0.0726 e. The minimum atomic E-state index is -0.566. The summed E-state index contributed by atoms with van der Waals surface area (Å²) in [6, 6.07) is 69.9. The summed E-state index contributed by atoms with van der Waals surface area (Å²) in [5, 5.41) is 2.65. The summed E-state index contributed by atoms with van der Waals surface area (Å²) < 4.78 is 2.66. The van der Waals surface area contributed by atoms with Gasteiger partial charge in [0.2, 0.25) is 0 Å². The summed E-state index contributed by atoms with van der Waals surface area (Å²) in [4.78, 5) is 2.40. The molecule has 0 saturated heterocycles. The zero-order valence-corrected chi connectivity index (χ0v) is 28.6. The van der Waals surface area contributed by atoms with Crippen molar-refractivity contribution >= 4 is 48.6 Å². The first-order valence-electron chi connectivity index (χ1n) is 17.6. The molecule has 1 heterocycles. The smallest absolute Gasteiger partial charge is 0.0726 e. The average Bonchev–Trinajstić information content (AvgIpc) is 3.67. The van der Waals surface area contributed by atoms with E-state index < -0.39 is 5.41 Å².